The molecule has 18 heavy (non-hydrogen) atoms. The molecule has 2 aromatic rings. The molecule has 0 atom stereocenters. The van der Waals surface area contributed by atoms with Gasteiger partial charge in [-0.3, -0.25) is 4.79 Å². The fraction of sp³-hybridized carbons (Fsp3) is 0. The second-order valence-corrected chi connectivity index (χ2v) is 5.02. The number of pyridine rings is 1. The van der Waals surface area contributed by atoms with Crippen LogP contribution in [-0.4, -0.2) is 16.0 Å². The standard InChI is InChI=1S/C12H8ClIN2O2/c13-8-2-1-5-15-11(8)16-12(18)7-3-4-9(14)10(17)6-7/h1-6,17H,(H,15,16,18). The number of anilines is 1. The summed E-state index contributed by atoms with van der Waals surface area (Å²) >= 11 is 7.86. The van der Waals surface area contributed by atoms with Gasteiger partial charge in [0.2, 0.25) is 0 Å². The number of aromatic hydroxyl groups is 1. The summed E-state index contributed by atoms with van der Waals surface area (Å²) in [5.74, 6) is -0.0140. The molecule has 0 aliphatic carbocycles. The van der Waals surface area contributed by atoms with Gasteiger partial charge in [-0.1, -0.05) is 11.6 Å². The SMILES string of the molecule is O=C(Nc1ncccc1Cl)c1ccc(I)c(O)c1. The van der Waals surface area contributed by atoms with Gasteiger partial charge in [0.15, 0.2) is 5.82 Å². The van der Waals surface area contributed by atoms with Gasteiger partial charge in [-0.15, -0.1) is 0 Å². The van der Waals surface area contributed by atoms with Crippen LogP contribution < -0.4 is 5.32 Å². The zero-order valence-electron chi connectivity index (χ0n) is 9.02. The van der Waals surface area contributed by atoms with Crippen molar-refractivity contribution in [1.82, 2.24) is 4.98 Å². The lowest BCUT2D eigenvalue weighted by molar-refractivity contribution is 0.102. The Hall–Kier alpha value is -1.34. The molecule has 0 saturated carbocycles. The Morgan fingerprint density at radius 3 is 2.83 bits per heavy atom. The molecule has 92 valence electrons. The van der Waals surface area contributed by atoms with Gasteiger partial charge in [-0.2, -0.15) is 0 Å². The lowest BCUT2D eigenvalue weighted by Gasteiger charge is -2.06. The largest absolute Gasteiger partial charge is 0.507 e. The topological polar surface area (TPSA) is 62.2 Å². The number of nitrogens with zero attached hydrogens (tertiary/aromatic N) is 1. The van der Waals surface area contributed by atoms with E-state index in [0.29, 0.717) is 20.0 Å². The second kappa shape index (κ2) is 5.53. The highest BCUT2D eigenvalue weighted by Crippen LogP contribution is 2.22. The Labute approximate surface area is 122 Å². The van der Waals surface area contributed by atoms with Gasteiger partial charge < -0.3 is 10.4 Å². The first-order chi connectivity index (χ1) is 8.58. The normalized spacial score (nSPS) is 10.1. The molecule has 4 nitrogen and oxygen atoms in total. The molecule has 0 aliphatic rings. The summed E-state index contributed by atoms with van der Waals surface area (Å²) in [5.41, 5.74) is 0.342. The quantitative estimate of drug-likeness (QED) is 0.793. The summed E-state index contributed by atoms with van der Waals surface area (Å²) < 4.78 is 0.681. The first-order valence-corrected chi connectivity index (χ1v) is 6.44. The van der Waals surface area contributed by atoms with Crippen LogP contribution in [0.15, 0.2) is 36.5 Å². The Morgan fingerprint density at radius 1 is 1.39 bits per heavy atom. The van der Waals surface area contributed by atoms with Crippen LogP contribution in [0.3, 0.4) is 0 Å². The van der Waals surface area contributed by atoms with E-state index in [4.69, 9.17) is 11.6 Å². The predicted molar refractivity (Wildman–Crippen MR) is 78.0 cm³/mol. The van der Waals surface area contributed by atoms with Gasteiger partial charge in [-0.05, 0) is 52.9 Å². The molecule has 2 N–H and O–H groups in total. The smallest absolute Gasteiger partial charge is 0.256 e. The molecular formula is C12H8ClIN2O2. The maximum Gasteiger partial charge on any atom is 0.256 e. The van der Waals surface area contributed by atoms with Crippen molar-refractivity contribution in [3.63, 3.8) is 0 Å². The number of hydrogen-bond donors (Lipinski definition) is 2. The minimum absolute atomic E-state index is 0.0652. The Bertz CT molecular complexity index is 604. The fourth-order valence-electron chi connectivity index (χ4n) is 1.31. The van der Waals surface area contributed by atoms with Crippen molar-refractivity contribution in [3.05, 3.63) is 50.7 Å². The maximum absolute atomic E-state index is 11.9. The summed E-state index contributed by atoms with van der Waals surface area (Å²) in [4.78, 5) is 15.9. The van der Waals surface area contributed by atoms with Crippen LogP contribution in [0, 0.1) is 3.57 Å². The van der Waals surface area contributed by atoms with Gasteiger partial charge in [-0.25, -0.2) is 4.98 Å². The van der Waals surface area contributed by atoms with Gasteiger partial charge in [0.25, 0.3) is 5.91 Å². The van der Waals surface area contributed by atoms with E-state index in [1.807, 2.05) is 22.6 Å². The highest BCUT2D eigenvalue weighted by molar-refractivity contribution is 14.1. The summed E-state index contributed by atoms with van der Waals surface area (Å²) in [7, 11) is 0. The van der Waals surface area contributed by atoms with E-state index >= 15 is 0 Å². The Morgan fingerprint density at radius 2 is 2.17 bits per heavy atom. The number of nitrogens with one attached hydrogen (secondary N) is 1. The van der Waals surface area contributed by atoms with Crippen LogP contribution in [0.2, 0.25) is 5.02 Å². The molecule has 1 heterocycles. The third-order valence-corrected chi connectivity index (χ3v) is 3.42. The van der Waals surface area contributed by atoms with E-state index in [2.05, 4.69) is 10.3 Å². The average molecular weight is 375 g/mol. The summed E-state index contributed by atoms with van der Waals surface area (Å²) in [5, 5.41) is 12.5. The number of carbonyl (C=O) groups is 1. The van der Waals surface area contributed by atoms with Crippen LogP contribution in [0.1, 0.15) is 10.4 Å². The van der Waals surface area contributed by atoms with E-state index in [0.717, 1.165) is 0 Å². The Kier molecular flexibility index (Phi) is 4.03. The number of aromatic nitrogens is 1. The van der Waals surface area contributed by atoms with Gasteiger partial charge >= 0.3 is 0 Å². The van der Waals surface area contributed by atoms with Crippen LogP contribution >= 0.6 is 34.2 Å². The van der Waals surface area contributed by atoms with Crippen LogP contribution in [-0.2, 0) is 0 Å². The monoisotopic (exact) mass is 374 g/mol. The molecular weight excluding hydrogens is 367 g/mol. The average Bonchev–Trinajstić information content (AvgIpc) is 2.35. The molecule has 1 aromatic heterocycles. The molecule has 0 fully saturated rings. The van der Waals surface area contributed by atoms with Crippen molar-refractivity contribution in [1.29, 1.82) is 0 Å². The third kappa shape index (κ3) is 2.91. The summed E-state index contributed by atoms with van der Waals surface area (Å²) in [6, 6.07) is 7.98. The number of hydrogen-bond acceptors (Lipinski definition) is 3. The van der Waals surface area contributed by atoms with E-state index < -0.39 is 0 Å². The van der Waals surface area contributed by atoms with Crippen LogP contribution in [0.5, 0.6) is 5.75 Å². The second-order valence-electron chi connectivity index (χ2n) is 3.45. The number of halogens is 2. The molecule has 6 heteroatoms. The lowest BCUT2D eigenvalue weighted by Crippen LogP contribution is -2.13. The van der Waals surface area contributed by atoms with Gasteiger partial charge in [0, 0.05) is 11.8 Å². The van der Waals surface area contributed by atoms with E-state index in [9.17, 15) is 9.90 Å². The number of benzene rings is 1. The zero-order valence-corrected chi connectivity index (χ0v) is 11.9. The first kappa shape index (κ1) is 13.1. The number of amides is 1. The van der Waals surface area contributed by atoms with Crippen molar-refractivity contribution in [2.45, 2.75) is 0 Å². The summed E-state index contributed by atoms with van der Waals surface area (Å²) in [6.07, 6.45) is 1.53. The predicted octanol–water partition coefficient (Wildman–Crippen LogP) is 3.30. The number of carbonyl (C=O) groups excluding carboxylic acids is 1. The third-order valence-electron chi connectivity index (χ3n) is 2.20. The first-order valence-electron chi connectivity index (χ1n) is 4.98. The van der Waals surface area contributed by atoms with E-state index in [1.165, 1.54) is 12.3 Å². The molecule has 0 unspecified atom stereocenters. The minimum atomic E-state index is -0.373. The van der Waals surface area contributed by atoms with Crippen molar-refractivity contribution >= 4 is 45.9 Å². The minimum Gasteiger partial charge on any atom is -0.507 e. The number of phenols is 1. The van der Waals surface area contributed by atoms with Gasteiger partial charge in [0.1, 0.15) is 5.75 Å². The van der Waals surface area contributed by atoms with Crippen molar-refractivity contribution in [2.24, 2.45) is 0 Å². The molecule has 0 saturated heterocycles. The van der Waals surface area contributed by atoms with Crippen molar-refractivity contribution < 1.29 is 9.90 Å². The van der Waals surface area contributed by atoms with E-state index in [1.54, 1.807) is 24.3 Å². The molecule has 0 bridgehead atoms. The fourth-order valence-corrected chi connectivity index (χ4v) is 1.82. The molecule has 1 amide bonds. The molecule has 0 spiro atoms. The summed E-state index contributed by atoms with van der Waals surface area (Å²) in [6.45, 7) is 0. The van der Waals surface area contributed by atoms with Crippen molar-refractivity contribution in [2.75, 3.05) is 5.32 Å². The highest BCUT2D eigenvalue weighted by Gasteiger charge is 2.10. The van der Waals surface area contributed by atoms with E-state index in [-0.39, 0.29) is 11.7 Å². The molecule has 1 aromatic carbocycles. The highest BCUT2D eigenvalue weighted by atomic mass is 127. The number of rotatable bonds is 2. The van der Waals surface area contributed by atoms with Crippen LogP contribution in [0.25, 0.3) is 0 Å². The van der Waals surface area contributed by atoms with Crippen LogP contribution in [0.4, 0.5) is 5.82 Å². The molecule has 0 radical (unpaired) electrons. The molecule has 0 aliphatic heterocycles. The zero-order chi connectivity index (χ0) is 13.1. The van der Waals surface area contributed by atoms with Gasteiger partial charge in [0.05, 0.1) is 8.59 Å². The maximum atomic E-state index is 11.9. The van der Waals surface area contributed by atoms with Crippen molar-refractivity contribution in [3.8, 4) is 5.75 Å². The molecule has 2 rings (SSSR count). The lowest BCUT2D eigenvalue weighted by atomic mass is 10.2. The Balaban J connectivity index is 2.22. The number of phenolic OH excluding ortho intramolecular Hbond substituents is 1.